The number of carboxylic acid groups (broad SMARTS) is 1. The number of nitrogens with one attached hydrogen (secondary N) is 1. The first-order valence-electron chi connectivity index (χ1n) is 4.86. The van der Waals surface area contributed by atoms with Crippen molar-refractivity contribution in [3.05, 3.63) is 0 Å². The Morgan fingerprint density at radius 3 is 2.56 bits per heavy atom. The average molecular weight is 250 g/mol. The predicted octanol–water partition coefficient (Wildman–Crippen LogP) is -1.10. The van der Waals surface area contributed by atoms with Crippen molar-refractivity contribution < 1.29 is 23.1 Å². The second-order valence-corrected chi connectivity index (χ2v) is 5.85. The summed E-state index contributed by atoms with van der Waals surface area (Å²) >= 11 is 0. The van der Waals surface area contributed by atoms with E-state index in [1.54, 1.807) is 0 Å². The molecular formula is C8H14N2O5S. The summed E-state index contributed by atoms with van der Waals surface area (Å²) in [6, 6.07) is -0.528. The quantitative estimate of drug-likeness (QED) is 0.647. The number of carbonyl (C=O) groups is 2. The molecule has 0 saturated carbocycles. The first kappa shape index (κ1) is 12.8. The van der Waals surface area contributed by atoms with Gasteiger partial charge in [-0.2, -0.15) is 0 Å². The molecule has 8 heteroatoms. The van der Waals surface area contributed by atoms with Crippen LogP contribution in [0.3, 0.4) is 0 Å². The van der Waals surface area contributed by atoms with Gasteiger partial charge >= 0.3 is 12.0 Å². The Labute approximate surface area is 93.3 Å². The third-order valence-electron chi connectivity index (χ3n) is 2.23. The maximum absolute atomic E-state index is 11.4. The number of hydrogen-bond donors (Lipinski definition) is 2. The van der Waals surface area contributed by atoms with Crippen LogP contribution in [0.2, 0.25) is 0 Å². The van der Waals surface area contributed by atoms with Crippen LogP contribution in [0.15, 0.2) is 0 Å². The number of carbonyl (C=O) groups excluding carboxylic acids is 1. The van der Waals surface area contributed by atoms with Gasteiger partial charge in [0.1, 0.15) is 6.54 Å². The highest BCUT2D eigenvalue weighted by Gasteiger charge is 2.22. The molecule has 1 saturated heterocycles. The maximum Gasteiger partial charge on any atom is 0.323 e. The Bertz CT molecular complexity index is 378. The molecule has 1 rings (SSSR count). The summed E-state index contributed by atoms with van der Waals surface area (Å²) in [5.41, 5.74) is 0. The van der Waals surface area contributed by atoms with Gasteiger partial charge < -0.3 is 15.3 Å². The minimum absolute atomic E-state index is 0.0620. The van der Waals surface area contributed by atoms with Crippen LogP contribution in [0, 0.1) is 0 Å². The number of rotatable bonds is 2. The van der Waals surface area contributed by atoms with E-state index in [4.69, 9.17) is 5.11 Å². The van der Waals surface area contributed by atoms with Crippen LogP contribution < -0.4 is 5.32 Å². The zero-order chi connectivity index (χ0) is 12.2. The lowest BCUT2D eigenvalue weighted by molar-refractivity contribution is -0.135. The fourth-order valence-corrected chi connectivity index (χ4v) is 2.68. The second kappa shape index (κ2) is 5.15. The van der Waals surface area contributed by atoms with Gasteiger partial charge in [-0.3, -0.25) is 4.79 Å². The summed E-state index contributed by atoms with van der Waals surface area (Å²) in [6.07, 6.45) is 0.392. The molecule has 2 N–H and O–H groups in total. The van der Waals surface area contributed by atoms with Gasteiger partial charge in [-0.1, -0.05) is 0 Å². The maximum atomic E-state index is 11.4. The highest BCUT2D eigenvalue weighted by atomic mass is 32.2. The van der Waals surface area contributed by atoms with Gasteiger partial charge in [-0.05, 0) is 6.42 Å². The molecule has 1 aliphatic heterocycles. The Balaban J connectivity index is 2.48. The third kappa shape index (κ3) is 4.05. The van der Waals surface area contributed by atoms with Gasteiger partial charge in [0.2, 0.25) is 0 Å². The number of aliphatic carboxylic acids is 1. The van der Waals surface area contributed by atoms with Crippen LogP contribution in [-0.4, -0.2) is 61.6 Å². The molecule has 1 fully saturated rings. The fourth-order valence-electron chi connectivity index (χ4n) is 1.40. The molecule has 1 aliphatic rings. The van der Waals surface area contributed by atoms with E-state index in [0.29, 0.717) is 13.0 Å². The van der Waals surface area contributed by atoms with Crippen molar-refractivity contribution in [2.24, 2.45) is 0 Å². The average Bonchev–Trinajstić information content (AvgIpc) is 2.35. The molecule has 7 nitrogen and oxygen atoms in total. The lowest BCUT2D eigenvalue weighted by Gasteiger charge is -2.19. The molecule has 0 aromatic heterocycles. The molecule has 0 bridgehead atoms. The number of sulfone groups is 1. The van der Waals surface area contributed by atoms with E-state index in [2.05, 4.69) is 5.32 Å². The van der Waals surface area contributed by atoms with Crippen molar-refractivity contribution in [1.29, 1.82) is 0 Å². The van der Waals surface area contributed by atoms with Crippen LogP contribution in [0.4, 0.5) is 4.79 Å². The van der Waals surface area contributed by atoms with Crippen molar-refractivity contribution >= 4 is 21.8 Å². The summed E-state index contributed by atoms with van der Waals surface area (Å²) < 4.78 is 22.5. The topological polar surface area (TPSA) is 104 Å². The van der Waals surface area contributed by atoms with Crippen molar-refractivity contribution in [2.45, 2.75) is 6.42 Å². The smallest absolute Gasteiger partial charge is 0.323 e. The summed E-state index contributed by atoms with van der Waals surface area (Å²) in [5.74, 6) is -1.11. The van der Waals surface area contributed by atoms with Gasteiger partial charge in [0, 0.05) is 13.1 Å². The van der Waals surface area contributed by atoms with Crippen LogP contribution in [0.5, 0.6) is 0 Å². The number of urea groups is 1. The normalized spacial score (nSPS) is 19.9. The van der Waals surface area contributed by atoms with Crippen LogP contribution in [-0.2, 0) is 14.6 Å². The molecule has 0 atom stereocenters. The highest BCUT2D eigenvalue weighted by molar-refractivity contribution is 7.91. The third-order valence-corrected chi connectivity index (χ3v) is 3.95. The second-order valence-electron chi connectivity index (χ2n) is 3.54. The molecule has 0 aromatic carbocycles. The molecule has 16 heavy (non-hydrogen) atoms. The van der Waals surface area contributed by atoms with Gasteiger partial charge in [0.25, 0.3) is 0 Å². The minimum Gasteiger partial charge on any atom is -0.480 e. The summed E-state index contributed by atoms with van der Waals surface area (Å²) in [6.45, 7) is 0.000547. The molecule has 1 heterocycles. The first-order chi connectivity index (χ1) is 7.41. The van der Waals surface area contributed by atoms with Gasteiger partial charge in [0.15, 0.2) is 9.84 Å². The Hall–Kier alpha value is -1.31. The fraction of sp³-hybridized carbons (Fsp3) is 0.750. The summed E-state index contributed by atoms with van der Waals surface area (Å²) in [4.78, 5) is 23.0. The molecule has 0 spiro atoms. The molecular weight excluding hydrogens is 236 g/mol. The van der Waals surface area contributed by atoms with Crippen molar-refractivity contribution in [3.8, 4) is 0 Å². The van der Waals surface area contributed by atoms with Crippen molar-refractivity contribution in [2.75, 3.05) is 31.1 Å². The standard InChI is InChI=1S/C8H14N2O5S/c11-7(12)6-9-8(13)10-2-1-4-16(14,15)5-3-10/h1-6H2,(H,9,13)(H,11,12). The van der Waals surface area contributed by atoms with Gasteiger partial charge in [-0.25, -0.2) is 13.2 Å². The van der Waals surface area contributed by atoms with Gasteiger partial charge in [-0.15, -0.1) is 0 Å². The van der Waals surface area contributed by atoms with Crippen molar-refractivity contribution in [3.63, 3.8) is 0 Å². The van der Waals surface area contributed by atoms with E-state index in [1.165, 1.54) is 4.90 Å². The molecule has 0 radical (unpaired) electrons. The largest absolute Gasteiger partial charge is 0.480 e. The highest BCUT2D eigenvalue weighted by Crippen LogP contribution is 2.04. The zero-order valence-corrected chi connectivity index (χ0v) is 9.49. The molecule has 0 aromatic rings. The van der Waals surface area contributed by atoms with Gasteiger partial charge in [0.05, 0.1) is 11.5 Å². The monoisotopic (exact) mass is 250 g/mol. The number of hydrogen-bond acceptors (Lipinski definition) is 4. The lowest BCUT2D eigenvalue weighted by Crippen LogP contribution is -2.43. The zero-order valence-electron chi connectivity index (χ0n) is 8.68. The van der Waals surface area contributed by atoms with Crippen LogP contribution >= 0.6 is 0 Å². The molecule has 0 unspecified atom stereocenters. The predicted molar refractivity (Wildman–Crippen MR) is 55.9 cm³/mol. The summed E-state index contributed by atoms with van der Waals surface area (Å²) in [5, 5.41) is 10.6. The Kier molecular flexibility index (Phi) is 4.11. The Morgan fingerprint density at radius 2 is 1.94 bits per heavy atom. The van der Waals surface area contributed by atoms with E-state index >= 15 is 0 Å². The SMILES string of the molecule is O=C(O)CNC(=O)N1CCCS(=O)(=O)CC1. The number of carboxylic acids is 1. The van der Waals surface area contributed by atoms with Crippen LogP contribution in [0.1, 0.15) is 6.42 Å². The molecule has 0 aliphatic carbocycles. The van der Waals surface area contributed by atoms with E-state index in [-0.39, 0.29) is 18.1 Å². The van der Waals surface area contributed by atoms with Crippen LogP contribution in [0.25, 0.3) is 0 Å². The number of amides is 2. The summed E-state index contributed by atoms with van der Waals surface area (Å²) in [7, 11) is -3.05. The first-order valence-corrected chi connectivity index (χ1v) is 6.68. The van der Waals surface area contributed by atoms with E-state index < -0.39 is 28.4 Å². The molecule has 92 valence electrons. The van der Waals surface area contributed by atoms with E-state index in [9.17, 15) is 18.0 Å². The number of nitrogens with zero attached hydrogens (tertiary/aromatic N) is 1. The Morgan fingerprint density at radius 1 is 1.25 bits per heavy atom. The minimum atomic E-state index is -3.05. The van der Waals surface area contributed by atoms with E-state index in [0.717, 1.165) is 0 Å². The van der Waals surface area contributed by atoms with Crippen molar-refractivity contribution in [1.82, 2.24) is 10.2 Å². The lowest BCUT2D eigenvalue weighted by atomic mass is 10.4. The van der Waals surface area contributed by atoms with E-state index in [1.807, 2.05) is 0 Å². The molecule has 2 amide bonds.